The number of hydrogen-bond donors (Lipinski definition) is 0. The maximum Gasteiger partial charge on any atom is -0.0253 e. The Bertz CT molecular complexity index is 1250. The molecule has 0 amide bonds. The van der Waals surface area contributed by atoms with E-state index in [1.807, 2.05) is 18.2 Å². The van der Waals surface area contributed by atoms with Crippen molar-refractivity contribution < 1.29 is 23.3 Å². The third-order valence-corrected chi connectivity index (χ3v) is 11.9. The molecule has 0 saturated carbocycles. The molecule has 0 heterocycles. The fraction of sp³-hybridized carbons (Fsp3) is 0.125. The van der Waals surface area contributed by atoms with E-state index in [-0.39, 0.29) is 0 Å². The van der Waals surface area contributed by atoms with Gasteiger partial charge in [0.1, 0.15) is 0 Å². The van der Waals surface area contributed by atoms with Gasteiger partial charge in [0, 0.05) is 0 Å². The zero-order chi connectivity index (χ0) is 23.8. The minimum Gasteiger partial charge on any atom is -0.273 e. The van der Waals surface area contributed by atoms with Gasteiger partial charge in [0.05, 0.1) is 0 Å². The van der Waals surface area contributed by atoms with Crippen molar-refractivity contribution in [1.82, 2.24) is 0 Å². The predicted molar refractivity (Wildman–Crippen MR) is 142 cm³/mol. The molecule has 0 bridgehead atoms. The molecule has 2 heteroatoms. The summed E-state index contributed by atoms with van der Waals surface area (Å²) >= 11 is 1.65. The summed E-state index contributed by atoms with van der Waals surface area (Å²) < 4.78 is 0. The number of aryl methyl sites for hydroxylation is 2. The monoisotopic (exact) mass is 530 g/mol. The van der Waals surface area contributed by atoms with Crippen LogP contribution in [0.2, 0.25) is 0 Å². The fourth-order valence-corrected chi connectivity index (χ4v) is 8.00. The zero-order valence-corrected chi connectivity index (χ0v) is 23.3. The van der Waals surface area contributed by atoms with Gasteiger partial charge >= 0.3 is 113 Å². The SMILES string of the molecule is Cc1cccc([Si](=[Zr+2])c2cccc(C)c2)c1.[C-]1=CC=CC1.[c-]1cccc2c1Cc1ccccc1-2. The minimum absolute atomic E-state index is 0.499. The Morgan fingerprint density at radius 3 is 2.03 bits per heavy atom. The molecule has 0 radical (unpaired) electrons. The topological polar surface area (TPSA) is 0 Å². The molecule has 4 aromatic carbocycles. The molecule has 0 nitrogen and oxygen atoms in total. The van der Waals surface area contributed by atoms with Crippen molar-refractivity contribution in [2.75, 3.05) is 0 Å². The standard InChI is InChI=1S/C14H14Si.C13H9.C5H5.Zr/c1-11-5-3-7-13(9-11)15-14-8-4-6-12(2)10-14;1-3-7-12-10(5-1)9-11-6-2-4-8-13(11)12;1-2-4-5-3-1;/h3-10H,1-2H3;1-5,7-8H,9H2;1-3H,4H2;/q;2*-1;+2. The van der Waals surface area contributed by atoms with E-state index in [1.54, 1.807) is 23.3 Å². The Morgan fingerprint density at radius 2 is 1.44 bits per heavy atom. The number of benzene rings is 4. The molecule has 0 unspecified atom stereocenters. The van der Waals surface area contributed by atoms with E-state index in [0.29, 0.717) is 0 Å². The molecule has 0 aromatic heterocycles. The van der Waals surface area contributed by atoms with Gasteiger partial charge in [-0.2, -0.15) is 35.9 Å². The van der Waals surface area contributed by atoms with E-state index in [1.165, 1.54) is 43.8 Å². The third kappa shape index (κ3) is 6.53. The number of allylic oxidation sites excluding steroid dienone is 4. The zero-order valence-electron chi connectivity index (χ0n) is 19.8. The van der Waals surface area contributed by atoms with Crippen LogP contribution in [-0.2, 0) is 29.8 Å². The van der Waals surface area contributed by atoms with Crippen LogP contribution in [-0.4, -0.2) is 5.43 Å². The molecule has 0 N–H and O–H groups in total. The smallest absolute Gasteiger partial charge is 0.0253 e. The van der Waals surface area contributed by atoms with Crippen LogP contribution in [0.25, 0.3) is 11.1 Å². The van der Waals surface area contributed by atoms with Crippen molar-refractivity contribution in [3.8, 4) is 11.1 Å². The van der Waals surface area contributed by atoms with Crippen molar-refractivity contribution in [3.05, 3.63) is 144 Å². The van der Waals surface area contributed by atoms with Crippen LogP contribution in [0, 0.1) is 26.0 Å². The fourth-order valence-electron chi connectivity index (χ4n) is 4.11. The molecule has 34 heavy (non-hydrogen) atoms. The maximum absolute atomic E-state index is 3.30. The van der Waals surface area contributed by atoms with E-state index in [4.69, 9.17) is 0 Å². The van der Waals surface area contributed by atoms with E-state index in [2.05, 4.69) is 117 Å². The van der Waals surface area contributed by atoms with Crippen molar-refractivity contribution >= 4 is 15.8 Å². The molecule has 4 aromatic rings. The number of fused-ring (bicyclic) bond motifs is 3. The van der Waals surface area contributed by atoms with Crippen molar-refractivity contribution in [2.45, 2.75) is 26.7 Å². The van der Waals surface area contributed by atoms with Gasteiger partial charge in [-0.1, -0.05) is 35.4 Å². The van der Waals surface area contributed by atoms with E-state index < -0.39 is 5.43 Å². The molecular weight excluding hydrogens is 504 g/mol. The second-order valence-corrected chi connectivity index (χ2v) is 14.1. The third-order valence-electron chi connectivity index (χ3n) is 5.82. The van der Waals surface area contributed by atoms with Crippen molar-refractivity contribution in [3.63, 3.8) is 0 Å². The van der Waals surface area contributed by atoms with Crippen LogP contribution in [0.1, 0.15) is 28.7 Å². The minimum atomic E-state index is -0.499. The summed E-state index contributed by atoms with van der Waals surface area (Å²) in [5, 5.41) is 3.07. The number of rotatable bonds is 2. The first-order chi connectivity index (χ1) is 16.6. The van der Waals surface area contributed by atoms with Crippen molar-refractivity contribution in [1.29, 1.82) is 0 Å². The molecule has 0 fully saturated rings. The summed E-state index contributed by atoms with van der Waals surface area (Å²) in [5.74, 6) is 0. The summed E-state index contributed by atoms with van der Waals surface area (Å²) in [6.45, 7) is 4.34. The first kappa shape index (κ1) is 24.6. The quantitative estimate of drug-likeness (QED) is 0.185. The first-order valence-electron chi connectivity index (χ1n) is 11.6. The second kappa shape index (κ2) is 12.2. The van der Waals surface area contributed by atoms with Crippen LogP contribution in [0.15, 0.2) is 109 Å². The van der Waals surface area contributed by atoms with Gasteiger partial charge in [0.15, 0.2) is 0 Å². The van der Waals surface area contributed by atoms with Gasteiger partial charge in [-0.15, -0.1) is 12.0 Å². The summed E-state index contributed by atoms with van der Waals surface area (Å²) in [4.78, 5) is 0. The van der Waals surface area contributed by atoms with Crippen LogP contribution >= 0.6 is 0 Å². The van der Waals surface area contributed by atoms with Gasteiger partial charge < -0.3 is 0 Å². The maximum atomic E-state index is 3.30. The van der Waals surface area contributed by atoms with E-state index in [9.17, 15) is 0 Å². The molecule has 2 aliphatic rings. The summed E-state index contributed by atoms with van der Waals surface area (Å²) in [5.41, 5.74) is 7.75. The van der Waals surface area contributed by atoms with Gasteiger partial charge in [-0.25, -0.2) is 12.2 Å². The Morgan fingerprint density at radius 1 is 0.765 bits per heavy atom. The molecule has 6 rings (SSSR count). The normalized spacial score (nSPS) is 12.1. The molecule has 0 aliphatic heterocycles. The average Bonchev–Trinajstić information content (AvgIpc) is 3.56. The summed E-state index contributed by atoms with van der Waals surface area (Å²) in [7, 11) is 0. The van der Waals surface area contributed by atoms with Gasteiger partial charge in [-0.05, 0) is 6.42 Å². The molecule has 2 aliphatic carbocycles. The van der Waals surface area contributed by atoms with Crippen molar-refractivity contribution in [2.24, 2.45) is 0 Å². The second-order valence-electron chi connectivity index (χ2n) is 8.51. The Labute approximate surface area is 219 Å². The Kier molecular flexibility index (Phi) is 8.85. The Hall–Kier alpha value is -2.54. The summed E-state index contributed by atoms with van der Waals surface area (Å²) in [6.07, 6.45) is 11.0. The molecular formula is C32H28SiZr. The largest absolute Gasteiger partial charge is 0.273 e. The average molecular weight is 532 g/mol. The molecule has 164 valence electrons. The first-order valence-corrected chi connectivity index (χ1v) is 16.8. The molecule has 0 atom stereocenters. The van der Waals surface area contributed by atoms with Gasteiger partial charge in [-0.3, -0.25) is 6.08 Å². The van der Waals surface area contributed by atoms with E-state index >= 15 is 0 Å². The predicted octanol–water partition coefficient (Wildman–Crippen LogP) is 6.32. The molecule has 0 saturated heterocycles. The van der Waals surface area contributed by atoms with Gasteiger partial charge in [0.2, 0.25) is 0 Å². The van der Waals surface area contributed by atoms with Crippen LogP contribution in [0.3, 0.4) is 0 Å². The molecule has 0 spiro atoms. The Balaban J connectivity index is 0.000000136. The van der Waals surface area contributed by atoms with Crippen LogP contribution in [0.4, 0.5) is 0 Å². The number of hydrogen-bond acceptors (Lipinski definition) is 0. The summed E-state index contributed by atoms with van der Waals surface area (Å²) in [6, 6.07) is 36.0. The van der Waals surface area contributed by atoms with E-state index in [0.717, 1.165) is 12.8 Å². The van der Waals surface area contributed by atoms with Crippen LogP contribution < -0.4 is 10.4 Å². The van der Waals surface area contributed by atoms with Gasteiger partial charge in [0.25, 0.3) is 0 Å². The van der Waals surface area contributed by atoms with Crippen LogP contribution in [0.5, 0.6) is 0 Å².